The van der Waals surface area contributed by atoms with E-state index < -0.39 is 11.2 Å². The molecule has 1 aromatic rings. The van der Waals surface area contributed by atoms with Gasteiger partial charge in [-0.05, 0) is 12.5 Å². The van der Waals surface area contributed by atoms with Crippen LogP contribution in [0.5, 0.6) is 0 Å². The molecule has 6 N–H and O–H groups in total. The van der Waals surface area contributed by atoms with Crippen molar-refractivity contribution < 1.29 is 18.2 Å². The lowest BCUT2D eigenvalue weighted by Gasteiger charge is -2.05. The Morgan fingerprint density at radius 2 is 1.43 bits per heavy atom. The molecule has 0 saturated carbocycles. The van der Waals surface area contributed by atoms with Crippen LogP contribution in [0.2, 0.25) is 0 Å². The first-order valence-corrected chi connectivity index (χ1v) is 5.30. The highest BCUT2D eigenvalue weighted by Crippen LogP contribution is 2.23. The zero-order valence-electron chi connectivity index (χ0n) is 7.74. The average molecular weight is 221 g/mol. The van der Waals surface area contributed by atoms with E-state index in [2.05, 4.69) is 0 Å². The summed E-state index contributed by atoms with van der Waals surface area (Å²) >= 11 is -4.17. The van der Waals surface area contributed by atoms with Crippen LogP contribution in [0, 0.1) is 0 Å². The van der Waals surface area contributed by atoms with Crippen LogP contribution in [0.3, 0.4) is 0 Å². The molecule has 0 aliphatic carbocycles. The second-order valence-electron chi connectivity index (χ2n) is 2.69. The fourth-order valence-corrected chi connectivity index (χ4v) is 0.757. The highest BCUT2D eigenvalue weighted by molar-refractivity contribution is 8.14. The summed E-state index contributed by atoms with van der Waals surface area (Å²) in [4.78, 5) is 0. The largest absolute Gasteiger partial charge is 0.324 e. The van der Waals surface area contributed by atoms with Crippen molar-refractivity contribution in [1.82, 2.24) is 0 Å². The zero-order valence-corrected chi connectivity index (χ0v) is 8.56. The summed E-state index contributed by atoms with van der Waals surface area (Å²) in [6.07, 6.45) is 0. The van der Waals surface area contributed by atoms with Crippen LogP contribution in [-0.2, 0) is 0 Å². The van der Waals surface area contributed by atoms with Gasteiger partial charge in [-0.1, -0.05) is 30.3 Å². The van der Waals surface area contributed by atoms with Gasteiger partial charge in [-0.25, -0.2) is 0 Å². The van der Waals surface area contributed by atoms with E-state index in [4.69, 9.17) is 23.9 Å². The molecule has 0 spiro atoms. The highest BCUT2D eigenvalue weighted by atomic mass is 32.3. The van der Waals surface area contributed by atoms with Gasteiger partial charge in [0.2, 0.25) is 11.2 Å². The Kier molecular flexibility index (Phi) is 5.70. The Morgan fingerprint density at radius 3 is 1.64 bits per heavy atom. The van der Waals surface area contributed by atoms with E-state index >= 15 is 0 Å². The molecule has 5 nitrogen and oxygen atoms in total. The lowest BCUT2D eigenvalue weighted by molar-refractivity contribution is 0.280. The lowest BCUT2D eigenvalue weighted by atomic mass is 10.1. The molecule has 0 fully saturated rings. The molecule has 1 aromatic carbocycles. The molecule has 14 heavy (non-hydrogen) atoms. The van der Waals surface area contributed by atoms with Crippen LogP contribution in [0.15, 0.2) is 30.3 Å². The molecule has 82 valence electrons. The third-order valence-corrected chi connectivity index (χ3v) is 1.33. The minimum atomic E-state index is -4.17. The number of rotatable bonds is 1. The first-order valence-electron chi connectivity index (χ1n) is 3.84. The number of benzene rings is 1. The maximum absolute atomic E-state index is 7.27. The monoisotopic (exact) mass is 221 g/mol. The Bertz CT molecular complexity index is 241. The zero-order chi connectivity index (χ0) is 11.2. The number of nitrogens with two attached hydrogens (primary N) is 1. The Labute approximate surface area is 84.6 Å². The SMILES string of the molecule is CC(N)c1ccccc1.OS(O)(O)O. The molecule has 0 aromatic heterocycles. The molecule has 0 bridgehead atoms. The van der Waals surface area contributed by atoms with Crippen molar-refractivity contribution in [1.29, 1.82) is 0 Å². The minimum absolute atomic E-state index is 0.159. The Hall–Kier alpha value is -0.630. The first kappa shape index (κ1) is 13.4. The summed E-state index contributed by atoms with van der Waals surface area (Å²) < 4.78 is 29.1. The van der Waals surface area contributed by atoms with E-state index in [1.807, 2.05) is 37.3 Å². The number of hydrogen-bond acceptors (Lipinski definition) is 5. The molecular weight excluding hydrogens is 206 g/mol. The molecule has 0 radical (unpaired) electrons. The summed E-state index contributed by atoms with van der Waals surface area (Å²) in [6.45, 7) is 1.98. The van der Waals surface area contributed by atoms with E-state index in [-0.39, 0.29) is 6.04 Å². The predicted molar refractivity (Wildman–Crippen MR) is 57.2 cm³/mol. The normalized spacial score (nSPS) is 13.9. The van der Waals surface area contributed by atoms with E-state index in [1.54, 1.807) is 0 Å². The van der Waals surface area contributed by atoms with Crippen LogP contribution >= 0.6 is 11.2 Å². The molecule has 0 aliphatic rings. The first-order chi connectivity index (χ1) is 6.30. The second-order valence-corrected chi connectivity index (χ2v) is 3.67. The highest BCUT2D eigenvalue weighted by Gasteiger charge is 1.98. The molecule has 1 rings (SSSR count). The predicted octanol–water partition coefficient (Wildman–Crippen LogP) is 2.39. The van der Waals surface area contributed by atoms with Crippen molar-refractivity contribution in [2.45, 2.75) is 13.0 Å². The smallest absolute Gasteiger partial charge is 0.213 e. The quantitative estimate of drug-likeness (QED) is 0.500. The minimum Gasteiger partial charge on any atom is -0.324 e. The van der Waals surface area contributed by atoms with Gasteiger partial charge >= 0.3 is 0 Å². The van der Waals surface area contributed by atoms with Crippen LogP contribution in [-0.4, -0.2) is 18.2 Å². The molecule has 0 saturated heterocycles. The van der Waals surface area contributed by atoms with Crippen molar-refractivity contribution in [3.8, 4) is 0 Å². The van der Waals surface area contributed by atoms with Crippen LogP contribution in [0.1, 0.15) is 18.5 Å². The summed E-state index contributed by atoms with van der Waals surface area (Å²) in [5.41, 5.74) is 6.81. The topological polar surface area (TPSA) is 107 Å². The van der Waals surface area contributed by atoms with Gasteiger partial charge in [0.1, 0.15) is 0 Å². The van der Waals surface area contributed by atoms with Crippen molar-refractivity contribution in [2.24, 2.45) is 5.73 Å². The van der Waals surface area contributed by atoms with Crippen LogP contribution < -0.4 is 5.73 Å². The fourth-order valence-electron chi connectivity index (χ4n) is 0.757. The Balaban J connectivity index is 0.000000292. The van der Waals surface area contributed by atoms with Crippen LogP contribution in [0.25, 0.3) is 0 Å². The van der Waals surface area contributed by atoms with Gasteiger partial charge in [-0.3, -0.25) is 18.2 Å². The molecule has 0 heterocycles. The molecular formula is C8H15NO4S. The van der Waals surface area contributed by atoms with Gasteiger partial charge in [0.05, 0.1) is 0 Å². The molecule has 1 atom stereocenters. The third-order valence-electron chi connectivity index (χ3n) is 1.33. The van der Waals surface area contributed by atoms with Crippen molar-refractivity contribution in [2.75, 3.05) is 0 Å². The van der Waals surface area contributed by atoms with Gasteiger partial charge < -0.3 is 5.73 Å². The summed E-state index contributed by atoms with van der Waals surface area (Å²) in [6, 6.07) is 10.2. The Morgan fingerprint density at radius 1 is 1.07 bits per heavy atom. The van der Waals surface area contributed by atoms with Gasteiger partial charge in [0.15, 0.2) is 0 Å². The standard InChI is InChI=1S/C8H11N.H4O4S/c1-7(9)8-5-3-2-4-6-8;1-5(2,3)4/h2-7H,9H2,1H3;1-4H. The van der Waals surface area contributed by atoms with Crippen molar-refractivity contribution >= 4 is 11.2 Å². The maximum atomic E-state index is 7.27. The molecule has 0 amide bonds. The molecule has 0 aliphatic heterocycles. The van der Waals surface area contributed by atoms with Gasteiger partial charge in [-0.2, -0.15) is 0 Å². The van der Waals surface area contributed by atoms with E-state index in [0.717, 1.165) is 0 Å². The van der Waals surface area contributed by atoms with Crippen molar-refractivity contribution in [3.63, 3.8) is 0 Å². The molecule has 1 unspecified atom stereocenters. The van der Waals surface area contributed by atoms with Crippen LogP contribution in [0.4, 0.5) is 0 Å². The van der Waals surface area contributed by atoms with E-state index in [0.29, 0.717) is 0 Å². The number of hydrogen-bond donors (Lipinski definition) is 5. The van der Waals surface area contributed by atoms with Gasteiger partial charge in [-0.15, -0.1) is 0 Å². The summed E-state index contributed by atoms with van der Waals surface area (Å²) in [5, 5.41) is 0. The lowest BCUT2D eigenvalue weighted by Crippen LogP contribution is -2.03. The van der Waals surface area contributed by atoms with Crippen molar-refractivity contribution in [3.05, 3.63) is 35.9 Å². The van der Waals surface area contributed by atoms with Gasteiger partial charge in [0, 0.05) is 6.04 Å². The maximum Gasteiger partial charge on any atom is 0.213 e. The second kappa shape index (κ2) is 5.97. The summed E-state index contributed by atoms with van der Waals surface area (Å²) in [5.74, 6) is 0. The van der Waals surface area contributed by atoms with Gasteiger partial charge in [0.25, 0.3) is 0 Å². The third kappa shape index (κ3) is 9.46. The summed E-state index contributed by atoms with van der Waals surface area (Å²) in [7, 11) is 0. The molecule has 6 heteroatoms. The fraction of sp³-hybridized carbons (Fsp3) is 0.250. The van der Waals surface area contributed by atoms with E-state index in [1.165, 1.54) is 5.56 Å². The van der Waals surface area contributed by atoms with E-state index in [9.17, 15) is 0 Å². The average Bonchev–Trinajstić information content (AvgIpc) is 2.03.